The molecular formula is C15H22N2O2. The molecule has 1 aromatic rings. The molecule has 1 amide bonds. The van der Waals surface area contributed by atoms with Crippen LogP contribution in [0.2, 0.25) is 0 Å². The topological polar surface area (TPSA) is 64.4 Å². The van der Waals surface area contributed by atoms with E-state index in [1.807, 2.05) is 30.3 Å². The van der Waals surface area contributed by atoms with Gasteiger partial charge in [-0.1, -0.05) is 30.3 Å². The van der Waals surface area contributed by atoms with Gasteiger partial charge in [0.1, 0.15) is 0 Å². The van der Waals surface area contributed by atoms with E-state index in [1.54, 1.807) is 0 Å². The van der Waals surface area contributed by atoms with Crippen molar-refractivity contribution in [2.45, 2.75) is 37.8 Å². The van der Waals surface area contributed by atoms with Gasteiger partial charge in [0.25, 0.3) is 0 Å². The highest BCUT2D eigenvalue weighted by molar-refractivity contribution is 5.76. The zero-order valence-electron chi connectivity index (χ0n) is 11.2. The van der Waals surface area contributed by atoms with Crippen molar-refractivity contribution >= 4 is 5.91 Å². The second-order valence-electron chi connectivity index (χ2n) is 5.01. The molecule has 1 heterocycles. The molecule has 1 aromatic carbocycles. The normalized spacial score (nSPS) is 20.8. The first-order valence-electron chi connectivity index (χ1n) is 6.94. The molecule has 4 heteroatoms. The van der Waals surface area contributed by atoms with Crippen molar-refractivity contribution in [2.24, 2.45) is 5.73 Å². The van der Waals surface area contributed by atoms with Crippen LogP contribution in [0.3, 0.4) is 0 Å². The van der Waals surface area contributed by atoms with Crippen molar-refractivity contribution < 1.29 is 9.53 Å². The Bertz CT molecular complexity index is 388. The monoisotopic (exact) mass is 262 g/mol. The van der Waals surface area contributed by atoms with Gasteiger partial charge in [0.05, 0.1) is 6.10 Å². The van der Waals surface area contributed by atoms with Crippen LogP contribution >= 0.6 is 0 Å². The summed E-state index contributed by atoms with van der Waals surface area (Å²) in [6.07, 6.45) is 3.83. The van der Waals surface area contributed by atoms with Crippen LogP contribution in [-0.2, 0) is 9.53 Å². The van der Waals surface area contributed by atoms with E-state index < -0.39 is 0 Å². The molecular weight excluding hydrogens is 240 g/mol. The largest absolute Gasteiger partial charge is 0.376 e. The molecule has 2 rings (SSSR count). The van der Waals surface area contributed by atoms with E-state index in [1.165, 1.54) is 6.42 Å². The molecule has 3 N–H and O–H groups in total. The third-order valence-corrected chi connectivity index (χ3v) is 3.43. The summed E-state index contributed by atoms with van der Waals surface area (Å²) < 4.78 is 5.57. The molecule has 1 fully saturated rings. The van der Waals surface area contributed by atoms with Crippen molar-refractivity contribution in [3.63, 3.8) is 0 Å². The van der Waals surface area contributed by atoms with Gasteiger partial charge in [0.15, 0.2) is 0 Å². The maximum absolute atomic E-state index is 11.8. The summed E-state index contributed by atoms with van der Waals surface area (Å²) in [6, 6.07) is 9.46. The van der Waals surface area contributed by atoms with Gasteiger partial charge in [-0.25, -0.2) is 0 Å². The van der Waals surface area contributed by atoms with Gasteiger partial charge in [0, 0.05) is 25.6 Å². The Kier molecular flexibility index (Phi) is 5.36. The van der Waals surface area contributed by atoms with E-state index in [0.29, 0.717) is 13.0 Å². The summed E-state index contributed by atoms with van der Waals surface area (Å²) in [6.45, 7) is 1.41. The quantitative estimate of drug-likeness (QED) is 0.850. The average molecular weight is 262 g/mol. The Hall–Kier alpha value is -1.39. The summed E-state index contributed by atoms with van der Waals surface area (Å²) in [5.41, 5.74) is 7.00. The summed E-state index contributed by atoms with van der Waals surface area (Å²) in [4.78, 5) is 11.8. The second kappa shape index (κ2) is 7.26. The first kappa shape index (κ1) is 14.0. The molecule has 19 heavy (non-hydrogen) atoms. The van der Waals surface area contributed by atoms with Gasteiger partial charge >= 0.3 is 0 Å². The minimum Gasteiger partial charge on any atom is -0.376 e. The number of ether oxygens (including phenoxy) is 1. The summed E-state index contributed by atoms with van der Waals surface area (Å²) >= 11 is 0. The molecule has 0 radical (unpaired) electrons. The molecule has 104 valence electrons. The molecule has 0 bridgehead atoms. The second-order valence-corrected chi connectivity index (χ2v) is 5.01. The number of benzene rings is 1. The lowest BCUT2D eigenvalue weighted by atomic mass is 10.0. The van der Waals surface area contributed by atoms with E-state index in [0.717, 1.165) is 25.0 Å². The van der Waals surface area contributed by atoms with Gasteiger partial charge in [0.2, 0.25) is 5.91 Å². The van der Waals surface area contributed by atoms with E-state index in [9.17, 15) is 4.79 Å². The third kappa shape index (κ3) is 4.65. The van der Waals surface area contributed by atoms with Crippen LogP contribution in [0.5, 0.6) is 0 Å². The van der Waals surface area contributed by atoms with E-state index >= 15 is 0 Å². The first-order chi connectivity index (χ1) is 9.25. The Balaban J connectivity index is 1.71. The number of rotatable bonds is 5. The number of hydrogen-bond donors (Lipinski definition) is 2. The predicted molar refractivity (Wildman–Crippen MR) is 74.6 cm³/mol. The maximum Gasteiger partial charge on any atom is 0.221 e. The van der Waals surface area contributed by atoms with Crippen LogP contribution in [0.15, 0.2) is 30.3 Å². The number of nitrogens with one attached hydrogen (secondary N) is 1. The van der Waals surface area contributed by atoms with Crippen molar-refractivity contribution in [2.75, 3.05) is 13.2 Å². The van der Waals surface area contributed by atoms with Crippen LogP contribution in [0.25, 0.3) is 0 Å². The fraction of sp³-hybridized carbons (Fsp3) is 0.533. The molecule has 1 saturated heterocycles. The Morgan fingerprint density at radius 3 is 2.84 bits per heavy atom. The Morgan fingerprint density at radius 2 is 2.16 bits per heavy atom. The zero-order chi connectivity index (χ0) is 13.5. The van der Waals surface area contributed by atoms with Crippen LogP contribution < -0.4 is 11.1 Å². The Labute approximate surface area is 114 Å². The van der Waals surface area contributed by atoms with Crippen LogP contribution in [-0.4, -0.2) is 25.2 Å². The highest BCUT2D eigenvalue weighted by Crippen LogP contribution is 2.14. The first-order valence-corrected chi connectivity index (χ1v) is 6.94. The lowest BCUT2D eigenvalue weighted by Crippen LogP contribution is -2.36. The maximum atomic E-state index is 11.8. The summed E-state index contributed by atoms with van der Waals surface area (Å²) in [5, 5.41) is 2.91. The molecule has 0 saturated carbocycles. The number of carbonyl (C=O) groups is 1. The lowest BCUT2D eigenvalue weighted by molar-refractivity contribution is -0.122. The van der Waals surface area contributed by atoms with Gasteiger partial charge in [-0.15, -0.1) is 0 Å². The highest BCUT2D eigenvalue weighted by Gasteiger charge is 2.16. The standard InChI is InChI=1S/C15H22N2O2/c16-14(12-6-2-1-3-7-12)10-15(18)17-11-13-8-4-5-9-19-13/h1-3,6-7,13-14H,4-5,8-11,16H2,(H,17,18). The molecule has 2 atom stereocenters. The summed E-state index contributed by atoms with van der Waals surface area (Å²) in [7, 11) is 0. The van der Waals surface area contributed by atoms with Crippen molar-refractivity contribution in [3.8, 4) is 0 Å². The van der Waals surface area contributed by atoms with Crippen molar-refractivity contribution in [3.05, 3.63) is 35.9 Å². The number of nitrogens with two attached hydrogens (primary N) is 1. The van der Waals surface area contributed by atoms with Gasteiger partial charge < -0.3 is 15.8 Å². The van der Waals surface area contributed by atoms with E-state index in [2.05, 4.69) is 5.32 Å². The smallest absolute Gasteiger partial charge is 0.221 e. The van der Waals surface area contributed by atoms with Gasteiger partial charge in [-0.3, -0.25) is 4.79 Å². The minimum atomic E-state index is -0.242. The third-order valence-electron chi connectivity index (χ3n) is 3.43. The molecule has 0 spiro atoms. The predicted octanol–water partition coefficient (Wildman–Crippen LogP) is 1.76. The minimum absolute atomic E-state index is 0.00877. The molecule has 1 aliphatic heterocycles. The number of amides is 1. The Morgan fingerprint density at radius 1 is 1.37 bits per heavy atom. The fourth-order valence-electron chi connectivity index (χ4n) is 2.29. The van der Waals surface area contributed by atoms with Crippen LogP contribution in [0.1, 0.15) is 37.3 Å². The van der Waals surface area contributed by atoms with Gasteiger partial charge in [-0.2, -0.15) is 0 Å². The highest BCUT2D eigenvalue weighted by atomic mass is 16.5. The van der Waals surface area contributed by atoms with Crippen LogP contribution in [0, 0.1) is 0 Å². The lowest BCUT2D eigenvalue weighted by Gasteiger charge is -2.23. The molecule has 2 unspecified atom stereocenters. The molecule has 0 aromatic heterocycles. The average Bonchev–Trinajstić information content (AvgIpc) is 2.47. The van der Waals surface area contributed by atoms with E-state index in [-0.39, 0.29) is 18.1 Å². The number of hydrogen-bond acceptors (Lipinski definition) is 3. The van der Waals surface area contributed by atoms with Crippen LogP contribution in [0.4, 0.5) is 0 Å². The van der Waals surface area contributed by atoms with E-state index in [4.69, 9.17) is 10.5 Å². The molecule has 1 aliphatic rings. The van der Waals surface area contributed by atoms with Gasteiger partial charge in [-0.05, 0) is 24.8 Å². The molecule has 0 aliphatic carbocycles. The van der Waals surface area contributed by atoms with Crippen molar-refractivity contribution in [1.82, 2.24) is 5.32 Å². The summed E-state index contributed by atoms with van der Waals surface area (Å²) in [5.74, 6) is -0.00877. The fourth-order valence-corrected chi connectivity index (χ4v) is 2.29. The zero-order valence-corrected chi connectivity index (χ0v) is 11.2. The molecule has 4 nitrogen and oxygen atoms in total. The number of carbonyl (C=O) groups excluding carboxylic acids is 1. The van der Waals surface area contributed by atoms with Crippen molar-refractivity contribution in [1.29, 1.82) is 0 Å². The SMILES string of the molecule is NC(CC(=O)NCC1CCCCO1)c1ccccc1.